The number of aliphatic hydroxyl groups is 1. The summed E-state index contributed by atoms with van der Waals surface area (Å²) in [6.07, 6.45) is 0.521. The maximum Gasteiger partial charge on any atom is 0.0540 e. The van der Waals surface area contributed by atoms with Crippen molar-refractivity contribution in [3.63, 3.8) is 0 Å². The first-order valence-electron chi connectivity index (χ1n) is 4.28. The molecule has 1 aromatic heterocycles. The third kappa shape index (κ3) is 2.89. The SMILES string of the molecule is Cc1ccc(C#CCCO)c(C)n1. The Hall–Kier alpha value is -1.33. The molecular weight excluding hydrogens is 162 g/mol. The Morgan fingerprint density at radius 1 is 1.38 bits per heavy atom. The van der Waals surface area contributed by atoms with E-state index in [2.05, 4.69) is 16.8 Å². The van der Waals surface area contributed by atoms with E-state index in [1.54, 1.807) is 0 Å². The van der Waals surface area contributed by atoms with Gasteiger partial charge in [-0.25, -0.2) is 0 Å². The van der Waals surface area contributed by atoms with Crippen molar-refractivity contribution in [1.29, 1.82) is 0 Å². The van der Waals surface area contributed by atoms with Crippen LogP contribution in [0.15, 0.2) is 12.1 Å². The Bertz CT molecular complexity index is 347. The minimum absolute atomic E-state index is 0.116. The lowest BCUT2D eigenvalue weighted by molar-refractivity contribution is 0.305. The van der Waals surface area contributed by atoms with Crippen LogP contribution in [0.25, 0.3) is 0 Å². The van der Waals surface area contributed by atoms with Gasteiger partial charge in [0, 0.05) is 17.7 Å². The highest BCUT2D eigenvalue weighted by Gasteiger charge is 1.94. The summed E-state index contributed by atoms with van der Waals surface area (Å²) >= 11 is 0. The van der Waals surface area contributed by atoms with Crippen LogP contribution in [0.1, 0.15) is 23.4 Å². The molecule has 0 bridgehead atoms. The number of pyridine rings is 1. The molecular formula is C11H13NO. The van der Waals surface area contributed by atoms with E-state index in [4.69, 9.17) is 5.11 Å². The number of aliphatic hydroxyl groups excluding tert-OH is 1. The third-order valence-electron chi connectivity index (χ3n) is 1.68. The van der Waals surface area contributed by atoms with Gasteiger partial charge in [0.05, 0.1) is 12.3 Å². The first kappa shape index (κ1) is 9.76. The number of hydrogen-bond donors (Lipinski definition) is 1. The van der Waals surface area contributed by atoms with Crippen LogP contribution >= 0.6 is 0 Å². The monoisotopic (exact) mass is 175 g/mol. The zero-order valence-electron chi connectivity index (χ0n) is 7.96. The second kappa shape index (κ2) is 4.64. The molecule has 0 unspecified atom stereocenters. The van der Waals surface area contributed by atoms with Gasteiger partial charge in [-0.1, -0.05) is 11.8 Å². The molecule has 1 heterocycles. The van der Waals surface area contributed by atoms with Crippen molar-refractivity contribution in [3.8, 4) is 11.8 Å². The first-order valence-corrected chi connectivity index (χ1v) is 4.28. The second-order valence-corrected chi connectivity index (χ2v) is 2.86. The topological polar surface area (TPSA) is 33.1 Å². The summed E-state index contributed by atoms with van der Waals surface area (Å²) in [6.45, 7) is 4.01. The van der Waals surface area contributed by atoms with Gasteiger partial charge < -0.3 is 5.11 Å². The summed E-state index contributed by atoms with van der Waals surface area (Å²) in [5.41, 5.74) is 2.90. The predicted octanol–water partition coefficient (Wildman–Crippen LogP) is 1.43. The van der Waals surface area contributed by atoms with Crippen molar-refractivity contribution in [3.05, 3.63) is 29.1 Å². The van der Waals surface area contributed by atoms with Crippen LogP contribution in [-0.2, 0) is 0 Å². The van der Waals surface area contributed by atoms with Crippen molar-refractivity contribution in [2.75, 3.05) is 6.61 Å². The van der Waals surface area contributed by atoms with Gasteiger partial charge >= 0.3 is 0 Å². The molecule has 0 aliphatic heterocycles. The molecule has 0 amide bonds. The fourth-order valence-corrected chi connectivity index (χ4v) is 1.03. The van der Waals surface area contributed by atoms with Crippen LogP contribution in [0.3, 0.4) is 0 Å². The Labute approximate surface area is 78.6 Å². The lowest BCUT2D eigenvalue weighted by Gasteiger charge is -1.97. The molecule has 1 N–H and O–H groups in total. The molecule has 68 valence electrons. The normalized spacial score (nSPS) is 9.15. The van der Waals surface area contributed by atoms with Crippen molar-refractivity contribution < 1.29 is 5.11 Å². The molecule has 0 saturated carbocycles. The summed E-state index contributed by atoms with van der Waals surface area (Å²) in [5.74, 6) is 5.84. The number of hydrogen-bond acceptors (Lipinski definition) is 2. The summed E-state index contributed by atoms with van der Waals surface area (Å²) in [5, 5.41) is 8.54. The van der Waals surface area contributed by atoms with Crippen LogP contribution in [-0.4, -0.2) is 16.7 Å². The smallest absolute Gasteiger partial charge is 0.0540 e. The van der Waals surface area contributed by atoms with Gasteiger partial charge in [0.25, 0.3) is 0 Å². The Morgan fingerprint density at radius 3 is 2.77 bits per heavy atom. The Balaban J connectivity index is 2.85. The van der Waals surface area contributed by atoms with Crippen LogP contribution in [0.5, 0.6) is 0 Å². The summed E-state index contributed by atoms with van der Waals surface area (Å²) in [7, 11) is 0. The molecule has 2 heteroatoms. The van der Waals surface area contributed by atoms with Crippen LogP contribution in [0.4, 0.5) is 0 Å². The molecule has 0 saturated heterocycles. The van der Waals surface area contributed by atoms with Gasteiger partial charge in [-0.3, -0.25) is 4.98 Å². The largest absolute Gasteiger partial charge is 0.395 e. The minimum atomic E-state index is 0.116. The third-order valence-corrected chi connectivity index (χ3v) is 1.68. The quantitative estimate of drug-likeness (QED) is 0.655. The lowest BCUT2D eigenvalue weighted by Crippen LogP contribution is -1.89. The summed E-state index contributed by atoms with van der Waals surface area (Å²) in [6, 6.07) is 3.90. The van der Waals surface area contributed by atoms with E-state index in [-0.39, 0.29) is 6.61 Å². The first-order chi connectivity index (χ1) is 6.24. The number of aryl methyl sites for hydroxylation is 2. The zero-order valence-corrected chi connectivity index (χ0v) is 7.96. The maximum atomic E-state index is 8.54. The van der Waals surface area contributed by atoms with E-state index < -0.39 is 0 Å². The summed E-state index contributed by atoms with van der Waals surface area (Å²) in [4.78, 5) is 4.29. The zero-order chi connectivity index (χ0) is 9.68. The minimum Gasteiger partial charge on any atom is -0.395 e. The molecule has 0 fully saturated rings. The molecule has 13 heavy (non-hydrogen) atoms. The van der Waals surface area contributed by atoms with E-state index in [0.717, 1.165) is 17.0 Å². The molecule has 2 nitrogen and oxygen atoms in total. The van der Waals surface area contributed by atoms with Crippen LogP contribution in [0.2, 0.25) is 0 Å². The standard InChI is InChI=1S/C11H13NO/c1-9-6-7-11(10(2)12-9)5-3-4-8-13/h6-7,13H,4,8H2,1-2H3. The fraction of sp³-hybridized carbons (Fsp3) is 0.364. The van der Waals surface area contributed by atoms with Gasteiger partial charge in [0.2, 0.25) is 0 Å². The Kier molecular flexibility index (Phi) is 3.48. The molecule has 0 radical (unpaired) electrons. The average molecular weight is 175 g/mol. The molecule has 0 aliphatic rings. The highest BCUT2D eigenvalue weighted by atomic mass is 16.2. The van der Waals surface area contributed by atoms with Crippen molar-refractivity contribution >= 4 is 0 Å². The number of nitrogens with zero attached hydrogens (tertiary/aromatic N) is 1. The van der Waals surface area contributed by atoms with Crippen LogP contribution in [0, 0.1) is 25.7 Å². The number of rotatable bonds is 1. The molecule has 0 atom stereocenters. The van der Waals surface area contributed by atoms with Gasteiger partial charge in [-0.05, 0) is 26.0 Å². The van der Waals surface area contributed by atoms with Gasteiger partial charge in [0.1, 0.15) is 0 Å². The van der Waals surface area contributed by atoms with Gasteiger partial charge in [-0.2, -0.15) is 0 Å². The number of aromatic nitrogens is 1. The van der Waals surface area contributed by atoms with E-state index in [1.165, 1.54) is 0 Å². The van der Waals surface area contributed by atoms with Gasteiger partial charge in [0.15, 0.2) is 0 Å². The van der Waals surface area contributed by atoms with Gasteiger partial charge in [-0.15, -0.1) is 0 Å². The highest BCUT2D eigenvalue weighted by Crippen LogP contribution is 2.04. The molecule has 0 aliphatic carbocycles. The van der Waals surface area contributed by atoms with E-state index in [0.29, 0.717) is 6.42 Å². The lowest BCUT2D eigenvalue weighted by atomic mass is 10.2. The maximum absolute atomic E-state index is 8.54. The molecule has 0 aromatic carbocycles. The molecule has 0 spiro atoms. The summed E-state index contributed by atoms with van der Waals surface area (Å²) < 4.78 is 0. The van der Waals surface area contributed by atoms with E-state index in [1.807, 2.05) is 26.0 Å². The van der Waals surface area contributed by atoms with Crippen molar-refractivity contribution in [2.45, 2.75) is 20.3 Å². The predicted molar refractivity (Wildman–Crippen MR) is 52.3 cm³/mol. The fourth-order valence-electron chi connectivity index (χ4n) is 1.03. The Morgan fingerprint density at radius 2 is 2.15 bits per heavy atom. The van der Waals surface area contributed by atoms with E-state index in [9.17, 15) is 0 Å². The van der Waals surface area contributed by atoms with Crippen molar-refractivity contribution in [2.24, 2.45) is 0 Å². The van der Waals surface area contributed by atoms with E-state index >= 15 is 0 Å². The average Bonchev–Trinajstić information content (AvgIpc) is 2.09. The molecule has 1 rings (SSSR count). The second-order valence-electron chi connectivity index (χ2n) is 2.86. The van der Waals surface area contributed by atoms with Crippen molar-refractivity contribution in [1.82, 2.24) is 4.98 Å². The molecule has 1 aromatic rings. The van der Waals surface area contributed by atoms with Crippen LogP contribution < -0.4 is 0 Å². The highest BCUT2D eigenvalue weighted by molar-refractivity contribution is 5.37.